The van der Waals surface area contributed by atoms with Crippen molar-refractivity contribution >= 4 is 15.9 Å². The van der Waals surface area contributed by atoms with Crippen LogP contribution in [0, 0.1) is 11.8 Å². The van der Waals surface area contributed by atoms with E-state index in [0.29, 0.717) is 0 Å². The number of halogens is 1. The van der Waals surface area contributed by atoms with Crippen LogP contribution in [0.2, 0.25) is 0 Å². The van der Waals surface area contributed by atoms with Crippen LogP contribution < -0.4 is 4.74 Å². The summed E-state index contributed by atoms with van der Waals surface area (Å²) < 4.78 is 5.31. The molecular weight excluding hydrogens is 312 g/mol. The third kappa shape index (κ3) is 6.30. The van der Waals surface area contributed by atoms with Crippen molar-refractivity contribution in [1.29, 1.82) is 0 Å². The molecule has 0 aliphatic rings. The first kappa shape index (κ1) is 17.6. The van der Waals surface area contributed by atoms with E-state index in [9.17, 15) is 0 Å². The maximum Gasteiger partial charge on any atom is 0.119 e. The number of benzene rings is 1. The van der Waals surface area contributed by atoms with Gasteiger partial charge in [0.15, 0.2) is 0 Å². The van der Waals surface area contributed by atoms with Crippen molar-refractivity contribution in [1.82, 2.24) is 0 Å². The Morgan fingerprint density at radius 1 is 1.20 bits per heavy atom. The fourth-order valence-electron chi connectivity index (χ4n) is 2.79. The van der Waals surface area contributed by atoms with Crippen LogP contribution in [0.25, 0.3) is 0 Å². The van der Waals surface area contributed by atoms with E-state index < -0.39 is 0 Å². The van der Waals surface area contributed by atoms with Gasteiger partial charge in [0.25, 0.3) is 0 Å². The zero-order valence-corrected chi connectivity index (χ0v) is 14.8. The Labute approximate surface area is 133 Å². The molecule has 0 saturated carbocycles. The number of unbranched alkanes of at least 4 members (excludes halogenated alkanes) is 1. The van der Waals surface area contributed by atoms with Crippen LogP contribution in [0.4, 0.5) is 0 Å². The number of ether oxygens (including phenoxy) is 1. The maximum atomic E-state index is 5.31. The topological polar surface area (TPSA) is 9.23 Å². The fourth-order valence-corrected chi connectivity index (χ4v) is 3.28. The molecule has 0 aliphatic heterocycles. The Kier molecular flexibility index (Phi) is 9.00. The number of hydrogen-bond acceptors (Lipinski definition) is 1. The van der Waals surface area contributed by atoms with Crippen LogP contribution in [0.1, 0.15) is 51.5 Å². The van der Waals surface area contributed by atoms with Crippen molar-refractivity contribution in [3.63, 3.8) is 0 Å². The van der Waals surface area contributed by atoms with Crippen molar-refractivity contribution in [2.45, 2.75) is 52.4 Å². The van der Waals surface area contributed by atoms with Crippen molar-refractivity contribution in [3.8, 4) is 5.75 Å². The first-order valence-corrected chi connectivity index (χ1v) is 9.04. The van der Waals surface area contributed by atoms with Gasteiger partial charge in [0.1, 0.15) is 5.75 Å². The normalized spacial score (nSPS) is 14.0. The number of hydrogen-bond donors (Lipinski definition) is 0. The molecule has 0 saturated heterocycles. The van der Waals surface area contributed by atoms with E-state index in [1.54, 1.807) is 7.11 Å². The molecule has 2 unspecified atom stereocenters. The Balaban J connectivity index is 2.56. The molecule has 2 atom stereocenters. The van der Waals surface area contributed by atoms with Crippen LogP contribution in [0.5, 0.6) is 5.75 Å². The predicted octanol–water partition coefficient (Wildman–Crippen LogP) is 5.86. The van der Waals surface area contributed by atoms with Gasteiger partial charge in [-0.3, -0.25) is 0 Å². The molecule has 0 heterocycles. The minimum absolute atomic E-state index is 0.726. The second kappa shape index (κ2) is 10.3. The average Bonchev–Trinajstić information content (AvgIpc) is 2.50. The first-order valence-electron chi connectivity index (χ1n) is 7.92. The van der Waals surface area contributed by atoms with Gasteiger partial charge in [0.05, 0.1) is 7.11 Å². The van der Waals surface area contributed by atoms with E-state index in [0.717, 1.165) is 29.3 Å². The van der Waals surface area contributed by atoms with E-state index >= 15 is 0 Å². The highest BCUT2D eigenvalue weighted by Crippen LogP contribution is 2.26. The van der Waals surface area contributed by atoms with Crippen molar-refractivity contribution in [2.75, 3.05) is 12.4 Å². The first-order chi connectivity index (χ1) is 9.73. The van der Waals surface area contributed by atoms with Crippen LogP contribution >= 0.6 is 15.9 Å². The van der Waals surface area contributed by atoms with Gasteiger partial charge in [-0.05, 0) is 42.4 Å². The third-order valence-electron chi connectivity index (χ3n) is 4.09. The summed E-state index contributed by atoms with van der Waals surface area (Å²) in [6.07, 6.45) is 7.85. The van der Waals surface area contributed by atoms with Crippen LogP contribution in [0.3, 0.4) is 0 Å². The van der Waals surface area contributed by atoms with Crippen molar-refractivity contribution < 1.29 is 4.74 Å². The SMILES string of the molecule is CCCCC(CC)CC(CBr)Cc1cccc(OC)c1. The summed E-state index contributed by atoms with van der Waals surface area (Å²) in [4.78, 5) is 0. The van der Waals surface area contributed by atoms with Gasteiger partial charge in [0, 0.05) is 5.33 Å². The Hall–Kier alpha value is -0.500. The largest absolute Gasteiger partial charge is 0.497 e. The van der Waals surface area contributed by atoms with Gasteiger partial charge in [-0.2, -0.15) is 0 Å². The molecule has 1 rings (SSSR count). The Morgan fingerprint density at radius 2 is 2.00 bits per heavy atom. The minimum Gasteiger partial charge on any atom is -0.497 e. The lowest BCUT2D eigenvalue weighted by atomic mass is 9.86. The van der Waals surface area contributed by atoms with Crippen molar-refractivity contribution in [2.24, 2.45) is 11.8 Å². The molecule has 1 nitrogen and oxygen atoms in total. The monoisotopic (exact) mass is 340 g/mol. The quantitative estimate of drug-likeness (QED) is 0.485. The molecule has 2 heteroatoms. The molecule has 0 aromatic heterocycles. The summed E-state index contributed by atoms with van der Waals surface area (Å²) in [6, 6.07) is 8.49. The van der Waals surface area contributed by atoms with Crippen LogP contribution in [-0.2, 0) is 6.42 Å². The van der Waals surface area contributed by atoms with Gasteiger partial charge in [-0.1, -0.05) is 67.6 Å². The highest BCUT2D eigenvalue weighted by Gasteiger charge is 2.15. The minimum atomic E-state index is 0.726. The van der Waals surface area contributed by atoms with E-state index in [-0.39, 0.29) is 0 Å². The number of alkyl halides is 1. The summed E-state index contributed by atoms with van der Waals surface area (Å²) in [7, 11) is 1.74. The van der Waals surface area contributed by atoms with Gasteiger partial charge in [0.2, 0.25) is 0 Å². The molecule has 0 bridgehead atoms. The summed E-state index contributed by atoms with van der Waals surface area (Å²) in [5, 5.41) is 1.09. The molecule has 114 valence electrons. The predicted molar refractivity (Wildman–Crippen MR) is 91.9 cm³/mol. The zero-order valence-electron chi connectivity index (χ0n) is 13.2. The molecule has 0 fully saturated rings. The van der Waals surface area contributed by atoms with E-state index in [1.807, 2.05) is 6.07 Å². The summed E-state index contributed by atoms with van der Waals surface area (Å²) in [5.74, 6) is 2.57. The molecule has 0 amide bonds. The van der Waals surface area contributed by atoms with Crippen molar-refractivity contribution in [3.05, 3.63) is 29.8 Å². The van der Waals surface area contributed by atoms with E-state index in [4.69, 9.17) is 4.74 Å². The zero-order chi connectivity index (χ0) is 14.8. The Bertz CT molecular complexity index is 364. The maximum absolute atomic E-state index is 5.31. The van der Waals surface area contributed by atoms with Gasteiger partial charge < -0.3 is 4.74 Å². The lowest BCUT2D eigenvalue weighted by molar-refractivity contribution is 0.354. The fraction of sp³-hybridized carbons (Fsp3) is 0.667. The molecular formula is C18H29BrO. The van der Waals surface area contributed by atoms with Crippen LogP contribution in [0.15, 0.2) is 24.3 Å². The lowest BCUT2D eigenvalue weighted by Crippen LogP contribution is -2.13. The third-order valence-corrected chi connectivity index (χ3v) is 5.00. The summed E-state index contributed by atoms with van der Waals surface area (Å²) >= 11 is 3.70. The molecule has 20 heavy (non-hydrogen) atoms. The number of rotatable bonds is 10. The van der Waals surface area contributed by atoms with Gasteiger partial charge in [-0.15, -0.1) is 0 Å². The molecule has 1 aromatic carbocycles. The molecule has 0 N–H and O–H groups in total. The van der Waals surface area contributed by atoms with Crippen LogP contribution in [-0.4, -0.2) is 12.4 Å². The Morgan fingerprint density at radius 3 is 2.60 bits per heavy atom. The average molecular weight is 341 g/mol. The van der Waals surface area contributed by atoms with Gasteiger partial charge in [-0.25, -0.2) is 0 Å². The highest BCUT2D eigenvalue weighted by molar-refractivity contribution is 9.09. The highest BCUT2D eigenvalue weighted by atomic mass is 79.9. The smallest absolute Gasteiger partial charge is 0.119 e. The number of methoxy groups -OCH3 is 1. The molecule has 0 spiro atoms. The molecule has 0 radical (unpaired) electrons. The molecule has 1 aromatic rings. The standard InChI is InChI=1S/C18H29BrO/c1-4-6-8-15(5-2)11-17(14-19)12-16-9-7-10-18(13-16)20-3/h7,9-10,13,15,17H,4-6,8,11-12,14H2,1-3H3. The summed E-state index contributed by atoms with van der Waals surface area (Å²) in [5.41, 5.74) is 1.39. The summed E-state index contributed by atoms with van der Waals surface area (Å²) in [6.45, 7) is 4.61. The second-order valence-electron chi connectivity index (χ2n) is 5.73. The molecule has 0 aliphatic carbocycles. The van der Waals surface area contributed by atoms with Gasteiger partial charge >= 0.3 is 0 Å². The lowest BCUT2D eigenvalue weighted by Gasteiger charge is -2.21. The second-order valence-corrected chi connectivity index (χ2v) is 6.38. The van der Waals surface area contributed by atoms with E-state index in [2.05, 4.69) is 48.0 Å². The van der Waals surface area contributed by atoms with E-state index in [1.165, 1.54) is 37.7 Å².